The van der Waals surface area contributed by atoms with Crippen molar-refractivity contribution in [2.45, 2.75) is 47.0 Å². The maximum Gasteiger partial charge on any atom is -0.0254 e. The predicted molar refractivity (Wildman–Crippen MR) is 57.3 cm³/mol. The van der Waals surface area contributed by atoms with E-state index in [4.69, 9.17) is 0 Å². The third-order valence-electron chi connectivity index (χ3n) is 2.25. The van der Waals surface area contributed by atoms with Crippen molar-refractivity contribution in [3.05, 3.63) is 23.8 Å². The zero-order valence-electron chi connectivity index (χ0n) is 8.98. The van der Waals surface area contributed by atoms with Gasteiger partial charge >= 0.3 is 0 Å². The summed E-state index contributed by atoms with van der Waals surface area (Å²) in [5, 5.41) is 0. The van der Waals surface area contributed by atoms with Gasteiger partial charge < -0.3 is 0 Å². The van der Waals surface area contributed by atoms with Crippen molar-refractivity contribution >= 4 is 0 Å². The van der Waals surface area contributed by atoms with Crippen LogP contribution in [-0.4, -0.2) is 0 Å². The molecule has 70 valence electrons. The lowest BCUT2D eigenvalue weighted by atomic mass is 9.93. The molecule has 12 heavy (non-hydrogen) atoms. The Kier molecular flexibility index (Phi) is 5.79. The SMILES string of the molecule is C=C(C)/C(=C\C)CC(C)CCC. The van der Waals surface area contributed by atoms with Crippen LogP contribution >= 0.6 is 0 Å². The molecule has 0 N–H and O–H groups in total. The summed E-state index contributed by atoms with van der Waals surface area (Å²) in [5.41, 5.74) is 2.65. The minimum absolute atomic E-state index is 0.804. The van der Waals surface area contributed by atoms with E-state index in [-0.39, 0.29) is 0 Å². The molecule has 0 aliphatic rings. The average molecular weight is 166 g/mol. The molecule has 0 radical (unpaired) electrons. The standard InChI is InChI=1S/C12H22/c1-6-8-11(5)9-12(7-2)10(3)4/h7,11H,3,6,8-9H2,1-2,4-5H3/b12-7-. The molecule has 0 aromatic heterocycles. The minimum Gasteiger partial charge on any atom is -0.0958 e. The van der Waals surface area contributed by atoms with Crippen LogP contribution in [0.15, 0.2) is 23.8 Å². The summed E-state index contributed by atoms with van der Waals surface area (Å²) in [6.45, 7) is 12.7. The first kappa shape index (κ1) is 11.5. The van der Waals surface area contributed by atoms with E-state index in [0.717, 1.165) is 5.92 Å². The van der Waals surface area contributed by atoms with Gasteiger partial charge in [0.2, 0.25) is 0 Å². The summed E-state index contributed by atoms with van der Waals surface area (Å²) in [4.78, 5) is 0. The average Bonchev–Trinajstić information content (AvgIpc) is 2.00. The van der Waals surface area contributed by atoms with Crippen molar-refractivity contribution < 1.29 is 0 Å². The van der Waals surface area contributed by atoms with Crippen molar-refractivity contribution in [2.24, 2.45) is 5.92 Å². The maximum absolute atomic E-state index is 3.97. The highest BCUT2D eigenvalue weighted by Gasteiger charge is 2.04. The van der Waals surface area contributed by atoms with Crippen LogP contribution in [-0.2, 0) is 0 Å². The van der Waals surface area contributed by atoms with E-state index < -0.39 is 0 Å². The summed E-state index contributed by atoms with van der Waals surface area (Å²) < 4.78 is 0. The molecule has 0 saturated heterocycles. The summed E-state index contributed by atoms with van der Waals surface area (Å²) in [6, 6.07) is 0. The van der Waals surface area contributed by atoms with Crippen molar-refractivity contribution in [3.8, 4) is 0 Å². The summed E-state index contributed by atoms with van der Waals surface area (Å²) in [6.07, 6.45) is 5.99. The van der Waals surface area contributed by atoms with Crippen LogP contribution in [0.25, 0.3) is 0 Å². The molecule has 0 aliphatic carbocycles. The molecule has 0 spiro atoms. The summed E-state index contributed by atoms with van der Waals surface area (Å²) >= 11 is 0. The Morgan fingerprint density at radius 3 is 2.42 bits per heavy atom. The van der Waals surface area contributed by atoms with Gasteiger partial charge in [0.25, 0.3) is 0 Å². The monoisotopic (exact) mass is 166 g/mol. The van der Waals surface area contributed by atoms with Crippen LogP contribution in [0.2, 0.25) is 0 Å². The maximum atomic E-state index is 3.97. The molecule has 0 amide bonds. The van der Waals surface area contributed by atoms with Crippen LogP contribution in [0.5, 0.6) is 0 Å². The Morgan fingerprint density at radius 2 is 2.08 bits per heavy atom. The lowest BCUT2D eigenvalue weighted by molar-refractivity contribution is 0.522. The van der Waals surface area contributed by atoms with Crippen LogP contribution < -0.4 is 0 Å². The minimum atomic E-state index is 0.804. The van der Waals surface area contributed by atoms with E-state index in [2.05, 4.69) is 40.3 Å². The second-order valence-corrected chi connectivity index (χ2v) is 3.69. The first-order valence-electron chi connectivity index (χ1n) is 4.92. The topological polar surface area (TPSA) is 0 Å². The van der Waals surface area contributed by atoms with E-state index in [1.807, 2.05) is 0 Å². The quantitative estimate of drug-likeness (QED) is 0.533. The highest BCUT2D eigenvalue weighted by Crippen LogP contribution is 2.20. The molecule has 1 unspecified atom stereocenters. The number of hydrogen-bond acceptors (Lipinski definition) is 0. The van der Waals surface area contributed by atoms with Gasteiger partial charge in [0.05, 0.1) is 0 Å². The van der Waals surface area contributed by atoms with E-state index in [1.165, 1.54) is 30.4 Å². The predicted octanol–water partition coefficient (Wildman–Crippen LogP) is 4.34. The van der Waals surface area contributed by atoms with Crippen LogP contribution in [0, 0.1) is 5.92 Å². The van der Waals surface area contributed by atoms with Gasteiger partial charge in [-0.25, -0.2) is 0 Å². The van der Waals surface area contributed by atoms with Gasteiger partial charge in [0.15, 0.2) is 0 Å². The van der Waals surface area contributed by atoms with Crippen LogP contribution in [0.4, 0.5) is 0 Å². The van der Waals surface area contributed by atoms with Crippen LogP contribution in [0.3, 0.4) is 0 Å². The van der Waals surface area contributed by atoms with Gasteiger partial charge in [-0.2, -0.15) is 0 Å². The molecule has 0 heteroatoms. The van der Waals surface area contributed by atoms with E-state index in [1.54, 1.807) is 0 Å². The van der Waals surface area contributed by atoms with E-state index in [9.17, 15) is 0 Å². The summed E-state index contributed by atoms with van der Waals surface area (Å²) in [5.74, 6) is 0.804. The molecule has 0 heterocycles. The molecule has 0 rings (SSSR count). The number of hydrogen-bond donors (Lipinski definition) is 0. The van der Waals surface area contributed by atoms with Crippen molar-refractivity contribution in [3.63, 3.8) is 0 Å². The molecule has 0 aromatic rings. The molecule has 0 aliphatic heterocycles. The second kappa shape index (κ2) is 6.05. The fourth-order valence-corrected chi connectivity index (χ4v) is 1.51. The van der Waals surface area contributed by atoms with Gasteiger partial charge in [0.1, 0.15) is 0 Å². The lowest BCUT2D eigenvalue weighted by Crippen LogP contribution is -1.97. The lowest BCUT2D eigenvalue weighted by Gasteiger charge is -2.12. The van der Waals surface area contributed by atoms with Gasteiger partial charge in [-0.05, 0) is 31.8 Å². The van der Waals surface area contributed by atoms with Gasteiger partial charge in [-0.3, -0.25) is 0 Å². The Labute approximate surface area is 77.4 Å². The molecular formula is C12H22. The Balaban J connectivity index is 3.95. The van der Waals surface area contributed by atoms with E-state index >= 15 is 0 Å². The van der Waals surface area contributed by atoms with Gasteiger partial charge in [0, 0.05) is 0 Å². The zero-order chi connectivity index (χ0) is 9.56. The smallest absolute Gasteiger partial charge is 0.0254 e. The van der Waals surface area contributed by atoms with Crippen molar-refractivity contribution in [2.75, 3.05) is 0 Å². The largest absolute Gasteiger partial charge is 0.0958 e. The van der Waals surface area contributed by atoms with E-state index in [0.29, 0.717) is 0 Å². The molecule has 0 fully saturated rings. The molecular weight excluding hydrogens is 144 g/mol. The molecule has 0 bridgehead atoms. The molecule has 0 saturated carbocycles. The first-order valence-corrected chi connectivity index (χ1v) is 4.92. The van der Waals surface area contributed by atoms with Crippen molar-refractivity contribution in [1.82, 2.24) is 0 Å². The van der Waals surface area contributed by atoms with Gasteiger partial charge in [-0.1, -0.05) is 44.9 Å². The summed E-state index contributed by atoms with van der Waals surface area (Å²) in [7, 11) is 0. The third-order valence-corrected chi connectivity index (χ3v) is 2.25. The first-order chi connectivity index (χ1) is 5.61. The Bertz CT molecular complexity index is 163. The number of allylic oxidation sites excluding steroid dienone is 3. The fraction of sp³-hybridized carbons (Fsp3) is 0.667. The highest BCUT2D eigenvalue weighted by atomic mass is 14.1. The van der Waals surface area contributed by atoms with Gasteiger partial charge in [-0.15, -0.1) is 0 Å². The molecule has 0 nitrogen and oxygen atoms in total. The van der Waals surface area contributed by atoms with Crippen molar-refractivity contribution in [1.29, 1.82) is 0 Å². The molecule has 1 atom stereocenters. The second-order valence-electron chi connectivity index (χ2n) is 3.69. The molecule has 0 aromatic carbocycles. The Hall–Kier alpha value is -0.520. The number of rotatable bonds is 5. The Morgan fingerprint density at radius 1 is 1.50 bits per heavy atom. The van der Waals surface area contributed by atoms with Crippen LogP contribution in [0.1, 0.15) is 47.0 Å². The fourth-order valence-electron chi connectivity index (χ4n) is 1.51. The highest BCUT2D eigenvalue weighted by molar-refractivity contribution is 5.25. The zero-order valence-corrected chi connectivity index (χ0v) is 8.98. The third kappa shape index (κ3) is 4.38. The normalized spacial score (nSPS) is 14.5.